The molecule has 1 aliphatic heterocycles. The maximum Gasteiger partial charge on any atom is 0.137 e. The second kappa shape index (κ2) is 7.62. The number of rotatable bonds is 5. The van der Waals surface area contributed by atoms with E-state index in [2.05, 4.69) is 15.0 Å². The van der Waals surface area contributed by atoms with Gasteiger partial charge in [0.25, 0.3) is 0 Å². The van der Waals surface area contributed by atoms with Crippen molar-refractivity contribution in [1.82, 2.24) is 24.2 Å². The van der Waals surface area contributed by atoms with Crippen molar-refractivity contribution in [2.45, 2.75) is 25.5 Å². The average Bonchev–Trinajstić information content (AvgIpc) is 3.34. The van der Waals surface area contributed by atoms with Crippen LogP contribution in [0, 0.1) is 11.7 Å². The van der Waals surface area contributed by atoms with Crippen LogP contribution < -0.4 is 0 Å². The fourth-order valence-corrected chi connectivity index (χ4v) is 3.86. The molecule has 0 aliphatic carbocycles. The number of aliphatic hydroxyl groups is 1. The lowest BCUT2D eigenvalue weighted by Gasteiger charge is -2.34. The van der Waals surface area contributed by atoms with E-state index in [1.807, 2.05) is 30.1 Å². The molecule has 1 aliphatic rings. The van der Waals surface area contributed by atoms with Gasteiger partial charge < -0.3 is 9.67 Å². The highest BCUT2D eigenvalue weighted by Crippen LogP contribution is 2.30. The Morgan fingerprint density at radius 1 is 1.22 bits per heavy atom. The largest absolute Gasteiger partial charge is 0.385 e. The molecule has 1 fully saturated rings. The van der Waals surface area contributed by atoms with Crippen LogP contribution in [0.1, 0.15) is 30.3 Å². The molecule has 3 aromatic rings. The van der Waals surface area contributed by atoms with Crippen molar-refractivity contribution in [3.8, 4) is 5.69 Å². The number of piperidine rings is 1. The Balaban J connectivity index is 1.43. The summed E-state index contributed by atoms with van der Waals surface area (Å²) in [6.07, 6.45) is 8.40. The number of hydrogen-bond acceptors (Lipinski definition) is 4. The summed E-state index contributed by atoms with van der Waals surface area (Å²) >= 11 is 0. The van der Waals surface area contributed by atoms with Gasteiger partial charge in [-0.05, 0) is 61.7 Å². The number of aromatic nitrogens is 4. The van der Waals surface area contributed by atoms with Crippen LogP contribution in [0.4, 0.5) is 4.39 Å². The zero-order valence-electron chi connectivity index (χ0n) is 15.4. The van der Waals surface area contributed by atoms with E-state index < -0.39 is 6.10 Å². The van der Waals surface area contributed by atoms with Crippen LogP contribution in [0.2, 0.25) is 0 Å². The van der Waals surface area contributed by atoms with Crippen LogP contribution in [-0.2, 0) is 13.6 Å². The van der Waals surface area contributed by atoms with Gasteiger partial charge in [-0.2, -0.15) is 5.10 Å². The molecular formula is C20H24FN5O. The minimum atomic E-state index is -0.541. The van der Waals surface area contributed by atoms with Crippen LogP contribution in [-0.4, -0.2) is 42.4 Å². The van der Waals surface area contributed by atoms with Crippen molar-refractivity contribution in [3.05, 3.63) is 66.3 Å². The van der Waals surface area contributed by atoms with Gasteiger partial charge in [-0.25, -0.2) is 14.1 Å². The smallest absolute Gasteiger partial charge is 0.137 e. The number of nitrogens with zero attached hydrogens (tertiary/aromatic N) is 5. The predicted octanol–water partition coefficient (Wildman–Crippen LogP) is 2.69. The first-order chi connectivity index (χ1) is 13.1. The molecule has 0 radical (unpaired) electrons. The molecule has 1 N–H and O–H groups in total. The summed E-state index contributed by atoms with van der Waals surface area (Å²) in [5.41, 5.74) is 1.82. The normalized spacial score (nSPS) is 17.3. The third kappa shape index (κ3) is 3.79. The number of aryl methyl sites for hydroxylation is 1. The van der Waals surface area contributed by atoms with Gasteiger partial charge >= 0.3 is 0 Å². The molecule has 6 nitrogen and oxygen atoms in total. The molecule has 0 unspecified atom stereocenters. The van der Waals surface area contributed by atoms with Crippen LogP contribution in [0.3, 0.4) is 0 Å². The summed E-state index contributed by atoms with van der Waals surface area (Å²) < 4.78 is 17.5. The van der Waals surface area contributed by atoms with E-state index in [4.69, 9.17) is 0 Å². The maximum absolute atomic E-state index is 13.8. The molecule has 0 saturated carbocycles. The Morgan fingerprint density at radius 2 is 2.04 bits per heavy atom. The lowest BCUT2D eigenvalue weighted by atomic mass is 9.90. The molecular weight excluding hydrogens is 345 g/mol. The van der Waals surface area contributed by atoms with Gasteiger partial charge in [-0.3, -0.25) is 4.90 Å². The molecule has 7 heteroatoms. The number of hydrogen-bond donors (Lipinski definition) is 1. The van der Waals surface area contributed by atoms with Crippen molar-refractivity contribution in [2.24, 2.45) is 13.0 Å². The van der Waals surface area contributed by atoms with E-state index in [1.165, 1.54) is 6.07 Å². The number of likely N-dealkylation sites (tertiary alicyclic amines) is 1. The lowest BCUT2D eigenvalue weighted by Crippen LogP contribution is -2.36. The van der Waals surface area contributed by atoms with Gasteiger partial charge in [-0.1, -0.05) is 0 Å². The Bertz CT molecular complexity index is 884. The molecule has 0 amide bonds. The van der Waals surface area contributed by atoms with Gasteiger partial charge in [-0.15, -0.1) is 0 Å². The van der Waals surface area contributed by atoms with Gasteiger partial charge in [0.2, 0.25) is 0 Å². The third-order valence-electron chi connectivity index (χ3n) is 5.39. The highest BCUT2D eigenvalue weighted by molar-refractivity contribution is 5.40. The first-order valence-electron chi connectivity index (χ1n) is 9.28. The van der Waals surface area contributed by atoms with Crippen molar-refractivity contribution in [1.29, 1.82) is 0 Å². The molecule has 4 rings (SSSR count). The number of benzene rings is 1. The van der Waals surface area contributed by atoms with Crippen molar-refractivity contribution in [3.63, 3.8) is 0 Å². The van der Waals surface area contributed by atoms with Crippen LogP contribution in [0.5, 0.6) is 0 Å². The van der Waals surface area contributed by atoms with Crippen LogP contribution in [0.15, 0.2) is 49.1 Å². The van der Waals surface area contributed by atoms with Crippen molar-refractivity contribution < 1.29 is 9.50 Å². The molecule has 0 bridgehead atoms. The number of halogens is 1. The zero-order chi connectivity index (χ0) is 18.8. The Hall–Kier alpha value is -2.51. The predicted molar refractivity (Wildman–Crippen MR) is 99.7 cm³/mol. The van der Waals surface area contributed by atoms with Gasteiger partial charge in [0.05, 0.1) is 5.69 Å². The monoisotopic (exact) mass is 369 g/mol. The Labute approximate surface area is 157 Å². The van der Waals surface area contributed by atoms with E-state index in [-0.39, 0.29) is 11.7 Å². The fraction of sp³-hybridized carbons (Fsp3) is 0.400. The summed E-state index contributed by atoms with van der Waals surface area (Å²) in [4.78, 5) is 6.58. The second-order valence-electron chi connectivity index (χ2n) is 7.18. The number of aliphatic hydroxyl groups excluding tert-OH is 1. The molecule has 0 spiro atoms. The SMILES string of the molecule is Cn1ccnc1[C@H](O)C1CCN(Cc2cc(F)ccc2-n2cccn2)CC1. The Kier molecular flexibility index (Phi) is 5.05. The zero-order valence-corrected chi connectivity index (χ0v) is 15.4. The molecule has 1 aromatic carbocycles. The highest BCUT2D eigenvalue weighted by atomic mass is 19.1. The van der Waals surface area contributed by atoms with E-state index in [1.54, 1.807) is 29.2 Å². The first kappa shape index (κ1) is 17.9. The van der Waals surface area contributed by atoms with Gasteiger partial charge in [0.15, 0.2) is 0 Å². The Morgan fingerprint density at radius 3 is 2.70 bits per heavy atom. The van der Waals surface area contributed by atoms with E-state index in [9.17, 15) is 9.50 Å². The molecule has 2 aromatic heterocycles. The quantitative estimate of drug-likeness (QED) is 0.751. The molecule has 27 heavy (non-hydrogen) atoms. The average molecular weight is 369 g/mol. The second-order valence-corrected chi connectivity index (χ2v) is 7.18. The topological polar surface area (TPSA) is 59.1 Å². The van der Waals surface area contributed by atoms with E-state index >= 15 is 0 Å². The molecule has 3 heterocycles. The summed E-state index contributed by atoms with van der Waals surface area (Å²) in [5.74, 6) is 0.681. The lowest BCUT2D eigenvalue weighted by molar-refractivity contribution is 0.0492. The fourth-order valence-electron chi connectivity index (χ4n) is 3.86. The minimum Gasteiger partial charge on any atom is -0.385 e. The summed E-state index contributed by atoms with van der Waals surface area (Å²) in [7, 11) is 1.90. The number of imidazole rings is 1. The van der Waals surface area contributed by atoms with E-state index in [0.717, 1.165) is 43.0 Å². The third-order valence-corrected chi connectivity index (χ3v) is 5.39. The summed E-state index contributed by atoms with van der Waals surface area (Å²) in [6.45, 7) is 2.39. The van der Waals surface area contributed by atoms with Gasteiger partial charge in [0, 0.05) is 38.4 Å². The minimum absolute atomic E-state index is 0.195. The summed E-state index contributed by atoms with van der Waals surface area (Å²) in [5, 5.41) is 14.9. The molecule has 142 valence electrons. The summed E-state index contributed by atoms with van der Waals surface area (Å²) in [6, 6.07) is 6.69. The van der Waals surface area contributed by atoms with Crippen LogP contribution >= 0.6 is 0 Å². The molecule has 1 atom stereocenters. The standard InChI is InChI=1S/C20H24FN5O/c1-24-12-8-22-20(24)19(27)15-5-10-25(11-6-15)14-16-13-17(21)3-4-18(16)26-9-2-7-23-26/h2-4,7-9,12-13,15,19,27H,5-6,10-11,14H2,1H3/t19-/m1/s1. The van der Waals surface area contributed by atoms with Crippen molar-refractivity contribution >= 4 is 0 Å². The maximum atomic E-state index is 13.8. The molecule has 1 saturated heterocycles. The van der Waals surface area contributed by atoms with Crippen LogP contribution in [0.25, 0.3) is 5.69 Å². The van der Waals surface area contributed by atoms with Gasteiger partial charge in [0.1, 0.15) is 17.7 Å². The van der Waals surface area contributed by atoms with E-state index in [0.29, 0.717) is 6.54 Å². The first-order valence-corrected chi connectivity index (χ1v) is 9.28. The van der Waals surface area contributed by atoms with Crippen molar-refractivity contribution in [2.75, 3.05) is 13.1 Å². The highest BCUT2D eigenvalue weighted by Gasteiger charge is 2.28.